The highest BCUT2D eigenvalue weighted by atomic mass is 32.2. The number of hydrogen-bond donors (Lipinski definition) is 0. The van der Waals surface area contributed by atoms with E-state index in [0.717, 1.165) is 10.7 Å². The smallest absolute Gasteiger partial charge is 0.187 e. The topological polar surface area (TPSA) is 44.2 Å². The number of thioether (sulfide) groups is 1. The fourth-order valence-corrected chi connectivity index (χ4v) is 1.33. The number of aromatic nitrogens is 2. The van der Waals surface area contributed by atoms with E-state index in [1.165, 1.54) is 11.8 Å². The molecule has 0 amide bonds. The molecule has 0 spiro atoms. The molecule has 0 aromatic carbocycles. The molecule has 1 aromatic heterocycles. The molecule has 1 heterocycles. The van der Waals surface area contributed by atoms with E-state index >= 15 is 0 Å². The van der Waals surface area contributed by atoms with E-state index in [-0.39, 0.29) is 6.29 Å². The van der Waals surface area contributed by atoms with Crippen molar-refractivity contribution in [1.29, 1.82) is 0 Å². The van der Waals surface area contributed by atoms with E-state index in [2.05, 4.69) is 9.97 Å². The summed E-state index contributed by atoms with van der Waals surface area (Å²) in [7, 11) is 3.23. The van der Waals surface area contributed by atoms with Crippen molar-refractivity contribution in [3.8, 4) is 0 Å². The minimum absolute atomic E-state index is 0.223. The fourth-order valence-electron chi connectivity index (χ4n) is 1.01. The third-order valence-electron chi connectivity index (χ3n) is 1.79. The van der Waals surface area contributed by atoms with Crippen LogP contribution in [-0.4, -0.2) is 36.7 Å². The number of nitrogens with zero attached hydrogens (tertiary/aromatic N) is 2. The lowest BCUT2D eigenvalue weighted by Crippen LogP contribution is -2.16. The summed E-state index contributed by atoms with van der Waals surface area (Å²) in [5.74, 6) is 0. The van der Waals surface area contributed by atoms with Crippen molar-refractivity contribution in [2.24, 2.45) is 0 Å². The van der Waals surface area contributed by atoms with Gasteiger partial charge in [-0.2, -0.15) is 0 Å². The van der Waals surface area contributed by atoms with Crippen molar-refractivity contribution in [3.63, 3.8) is 0 Å². The first-order chi connectivity index (χ1) is 6.80. The van der Waals surface area contributed by atoms with Crippen LogP contribution in [0.3, 0.4) is 0 Å². The van der Waals surface area contributed by atoms with Crippen molar-refractivity contribution in [2.45, 2.75) is 17.9 Å². The molecule has 5 heteroatoms. The van der Waals surface area contributed by atoms with E-state index in [9.17, 15) is 0 Å². The van der Waals surface area contributed by atoms with Crippen molar-refractivity contribution in [2.75, 3.05) is 20.5 Å². The first-order valence-corrected chi connectivity index (χ1v) is 5.43. The molecule has 1 rings (SSSR count). The van der Waals surface area contributed by atoms with Gasteiger partial charge in [0.15, 0.2) is 11.4 Å². The van der Waals surface area contributed by atoms with Crippen LogP contribution in [0.25, 0.3) is 0 Å². The van der Waals surface area contributed by atoms with Crippen LogP contribution in [0.2, 0.25) is 0 Å². The normalized spacial score (nSPS) is 10.9. The number of ether oxygens (including phenoxy) is 2. The summed E-state index contributed by atoms with van der Waals surface area (Å²) in [6.07, 6.45) is 5.98. The van der Waals surface area contributed by atoms with Gasteiger partial charge in [0.05, 0.1) is 0 Å². The van der Waals surface area contributed by atoms with Crippen molar-refractivity contribution < 1.29 is 9.47 Å². The maximum atomic E-state index is 5.08. The molecule has 0 fully saturated rings. The molecule has 1 aromatic rings. The van der Waals surface area contributed by atoms with Crippen LogP contribution in [0.1, 0.15) is 5.56 Å². The van der Waals surface area contributed by atoms with Gasteiger partial charge in [-0.25, -0.2) is 9.97 Å². The lowest BCUT2D eigenvalue weighted by molar-refractivity contribution is -0.100. The van der Waals surface area contributed by atoms with Gasteiger partial charge in [0, 0.05) is 33.0 Å². The zero-order valence-corrected chi connectivity index (χ0v) is 9.37. The first-order valence-electron chi connectivity index (χ1n) is 4.20. The maximum absolute atomic E-state index is 5.08. The highest BCUT2D eigenvalue weighted by Crippen LogP contribution is 2.09. The van der Waals surface area contributed by atoms with E-state index in [0.29, 0.717) is 6.42 Å². The molecular weight excluding hydrogens is 200 g/mol. The predicted molar refractivity (Wildman–Crippen MR) is 55.3 cm³/mol. The van der Waals surface area contributed by atoms with Gasteiger partial charge in [0.25, 0.3) is 0 Å². The van der Waals surface area contributed by atoms with Gasteiger partial charge in [0.2, 0.25) is 0 Å². The Bertz CT molecular complexity index is 262. The van der Waals surface area contributed by atoms with Gasteiger partial charge in [-0.05, 0) is 11.8 Å². The zero-order valence-electron chi connectivity index (χ0n) is 8.56. The molecule has 0 radical (unpaired) electrons. The van der Waals surface area contributed by atoms with E-state index in [1.54, 1.807) is 26.6 Å². The van der Waals surface area contributed by atoms with E-state index in [1.807, 2.05) is 6.26 Å². The summed E-state index contributed by atoms with van der Waals surface area (Å²) in [5, 5.41) is 0.778. The van der Waals surface area contributed by atoms with Crippen LogP contribution < -0.4 is 0 Å². The molecule has 0 N–H and O–H groups in total. The summed E-state index contributed by atoms with van der Waals surface area (Å²) in [4.78, 5) is 8.32. The van der Waals surface area contributed by atoms with Gasteiger partial charge in [-0.1, -0.05) is 11.8 Å². The summed E-state index contributed by atoms with van der Waals surface area (Å²) in [6.45, 7) is 0. The third kappa shape index (κ3) is 3.25. The monoisotopic (exact) mass is 214 g/mol. The predicted octanol–water partition coefficient (Wildman–Crippen LogP) is 1.36. The highest BCUT2D eigenvalue weighted by molar-refractivity contribution is 7.98. The average Bonchev–Trinajstić information content (AvgIpc) is 2.26. The molecule has 0 saturated carbocycles. The summed E-state index contributed by atoms with van der Waals surface area (Å²) >= 11 is 1.52. The minimum atomic E-state index is -0.223. The summed E-state index contributed by atoms with van der Waals surface area (Å²) in [6, 6.07) is 0. The second-order valence-electron chi connectivity index (χ2n) is 2.68. The Morgan fingerprint density at radius 1 is 1.29 bits per heavy atom. The van der Waals surface area contributed by atoms with Gasteiger partial charge in [-0.3, -0.25) is 0 Å². The second-order valence-corrected chi connectivity index (χ2v) is 3.46. The number of hydrogen-bond acceptors (Lipinski definition) is 5. The van der Waals surface area contributed by atoms with Gasteiger partial charge < -0.3 is 9.47 Å². The quantitative estimate of drug-likeness (QED) is 0.420. The third-order valence-corrected chi connectivity index (χ3v) is 2.37. The van der Waals surface area contributed by atoms with Crippen LogP contribution in [0.5, 0.6) is 0 Å². The molecule has 0 unspecified atom stereocenters. The van der Waals surface area contributed by atoms with E-state index in [4.69, 9.17) is 9.47 Å². The van der Waals surface area contributed by atoms with Crippen LogP contribution in [-0.2, 0) is 15.9 Å². The highest BCUT2D eigenvalue weighted by Gasteiger charge is 2.06. The lowest BCUT2D eigenvalue weighted by Gasteiger charge is -2.12. The van der Waals surface area contributed by atoms with Crippen molar-refractivity contribution in [1.82, 2.24) is 9.97 Å². The van der Waals surface area contributed by atoms with Crippen molar-refractivity contribution >= 4 is 11.8 Å². The Hall–Kier alpha value is -0.650. The largest absolute Gasteiger partial charge is 0.356 e. The van der Waals surface area contributed by atoms with Gasteiger partial charge in [0.1, 0.15) is 0 Å². The number of rotatable bonds is 5. The second kappa shape index (κ2) is 5.95. The molecule has 0 aliphatic rings. The van der Waals surface area contributed by atoms with E-state index < -0.39 is 0 Å². The van der Waals surface area contributed by atoms with Crippen LogP contribution in [0, 0.1) is 0 Å². The first kappa shape index (κ1) is 11.4. The molecule has 0 saturated heterocycles. The van der Waals surface area contributed by atoms with Gasteiger partial charge >= 0.3 is 0 Å². The number of methoxy groups -OCH3 is 2. The SMILES string of the molecule is COC(Cc1cnc(SC)nc1)OC. The van der Waals surface area contributed by atoms with Crippen LogP contribution >= 0.6 is 11.8 Å². The molecule has 78 valence electrons. The van der Waals surface area contributed by atoms with Crippen LogP contribution in [0.15, 0.2) is 17.6 Å². The minimum Gasteiger partial charge on any atom is -0.356 e. The fraction of sp³-hybridized carbons (Fsp3) is 0.556. The molecule has 0 aliphatic carbocycles. The molecule has 0 atom stereocenters. The summed E-state index contributed by atoms with van der Waals surface area (Å²) < 4.78 is 10.2. The lowest BCUT2D eigenvalue weighted by atomic mass is 10.2. The summed E-state index contributed by atoms with van der Waals surface area (Å²) in [5.41, 5.74) is 1.01. The Labute approximate surface area is 88.0 Å². The average molecular weight is 214 g/mol. The standard InChI is InChI=1S/C9H14N2O2S/c1-12-8(13-2)4-7-5-10-9(14-3)11-6-7/h5-6,8H,4H2,1-3H3. The molecule has 4 nitrogen and oxygen atoms in total. The molecule has 0 bridgehead atoms. The zero-order chi connectivity index (χ0) is 10.4. The Morgan fingerprint density at radius 3 is 2.29 bits per heavy atom. The Kier molecular flexibility index (Phi) is 4.86. The molecule has 0 aliphatic heterocycles. The van der Waals surface area contributed by atoms with Crippen molar-refractivity contribution in [3.05, 3.63) is 18.0 Å². The molecule has 14 heavy (non-hydrogen) atoms. The maximum Gasteiger partial charge on any atom is 0.187 e. The van der Waals surface area contributed by atoms with Crippen LogP contribution in [0.4, 0.5) is 0 Å². The molecular formula is C9H14N2O2S. The Morgan fingerprint density at radius 2 is 1.86 bits per heavy atom. The Balaban J connectivity index is 2.58. The van der Waals surface area contributed by atoms with Gasteiger partial charge in [-0.15, -0.1) is 0 Å².